The fourth-order valence-corrected chi connectivity index (χ4v) is 2.08. The number of rotatable bonds is 1. The molecule has 1 heterocycles. The van der Waals surface area contributed by atoms with Gasteiger partial charge in [-0.1, -0.05) is 13.8 Å². The minimum absolute atomic E-state index is 0.145. The lowest BCUT2D eigenvalue weighted by atomic mass is 10.2. The predicted molar refractivity (Wildman–Crippen MR) is 46.1 cm³/mol. The van der Waals surface area contributed by atoms with E-state index in [2.05, 4.69) is 29.8 Å². The van der Waals surface area contributed by atoms with Crippen molar-refractivity contribution < 1.29 is 4.39 Å². The average molecular weight is 223 g/mol. The van der Waals surface area contributed by atoms with Gasteiger partial charge >= 0.3 is 0 Å². The van der Waals surface area contributed by atoms with E-state index in [9.17, 15) is 4.39 Å². The lowest BCUT2D eigenvalue weighted by Crippen LogP contribution is -1.78. The van der Waals surface area contributed by atoms with Gasteiger partial charge in [-0.2, -0.15) is 0 Å². The molecule has 0 spiro atoms. The monoisotopic (exact) mass is 222 g/mol. The first-order valence-electron chi connectivity index (χ1n) is 3.06. The molecule has 56 valence electrons. The van der Waals surface area contributed by atoms with Crippen LogP contribution in [0.1, 0.15) is 24.6 Å². The molecule has 0 aliphatic carbocycles. The Morgan fingerprint density at radius 2 is 2.20 bits per heavy atom. The van der Waals surface area contributed by atoms with E-state index < -0.39 is 0 Å². The zero-order valence-corrected chi connectivity index (χ0v) is 8.22. The maximum Gasteiger partial charge on any atom is 0.148 e. The summed E-state index contributed by atoms with van der Waals surface area (Å²) in [6.07, 6.45) is 0. The highest BCUT2D eigenvalue weighted by atomic mass is 79.9. The van der Waals surface area contributed by atoms with Gasteiger partial charge in [-0.25, -0.2) is 4.39 Å². The highest BCUT2D eigenvalue weighted by molar-refractivity contribution is 9.11. The zero-order valence-electron chi connectivity index (χ0n) is 5.82. The van der Waals surface area contributed by atoms with Crippen LogP contribution in [-0.2, 0) is 0 Å². The van der Waals surface area contributed by atoms with Crippen LogP contribution in [0.2, 0.25) is 0 Å². The number of hydrogen-bond acceptors (Lipinski definition) is 1. The molecule has 0 radical (unpaired) electrons. The van der Waals surface area contributed by atoms with Crippen molar-refractivity contribution in [1.29, 1.82) is 0 Å². The van der Waals surface area contributed by atoms with E-state index in [1.165, 1.54) is 11.3 Å². The minimum Gasteiger partial charge on any atom is -0.205 e. The van der Waals surface area contributed by atoms with Crippen molar-refractivity contribution in [1.82, 2.24) is 0 Å². The third kappa shape index (κ3) is 1.58. The molecular weight excluding hydrogens is 215 g/mol. The van der Waals surface area contributed by atoms with Gasteiger partial charge in [0.1, 0.15) is 9.60 Å². The molecule has 1 aromatic rings. The Morgan fingerprint density at radius 1 is 1.60 bits per heavy atom. The van der Waals surface area contributed by atoms with E-state index in [1.54, 1.807) is 6.07 Å². The van der Waals surface area contributed by atoms with Gasteiger partial charge in [-0.3, -0.25) is 0 Å². The summed E-state index contributed by atoms with van der Waals surface area (Å²) in [6.45, 7) is 4.11. The van der Waals surface area contributed by atoms with Crippen LogP contribution in [0.15, 0.2) is 9.85 Å². The molecule has 0 saturated heterocycles. The van der Waals surface area contributed by atoms with Crippen molar-refractivity contribution in [2.24, 2.45) is 0 Å². The second-order valence-corrected chi connectivity index (χ2v) is 4.83. The zero-order chi connectivity index (χ0) is 7.72. The molecule has 0 aliphatic rings. The quantitative estimate of drug-likeness (QED) is 0.679. The van der Waals surface area contributed by atoms with E-state index in [-0.39, 0.29) is 5.82 Å². The molecule has 1 aromatic heterocycles. The van der Waals surface area contributed by atoms with Crippen molar-refractivity contribution in [2.45, 2.75) is 19.8 Å². The minimum atomic E-state index is -0.145. The molecule has 0 saturated carbocycles. The lowest BCUT2D eigenvalue weighted by Gasteiger charge is -1.95. The maximum absolute atomic E-state index is 12.7. The van der Waals surface area contributed by atoms with Crippen molar-refractivity contribution in [3.05, 3.63) is 20.5 Å². The fraction of sp³-hybridized carbons (Fsp3) is 0.429. The second kappa shape index (κ2) is 3.01. The maximum atomic E-state index is 12.7. The molecule has 0 amide bonds. The molecule has 1 rings (SSSR count). The molecular formula is C7H8BrFS. The first kappa shape index (κ1) is 8.21. The van der Waals surface area contributed by atoms with Gasteiger partial charge in [0, 0.05) is 4.88 Å². The molecule has 0 bridgehead atoms. The molecule has 0 N–H and O–H groups in total. The van der Waals surface area contributed by atoms with Crippen LogP contribution >= 0.6 is 27.3 Å². The first-order valence-corrected chi connectivity index (χ1v) is 4.67. The molecule has 0 fully saturated rings. The Morgan fingerprint density at radius 3 is 2.40 bits per heavy atom. The standard InChI is InChI=1S/C7H8BrFS/c1-4(2)6-3-5(9)7(8)10-6/h3-4H,1-2H3. The van der Waals surface area contributed by atoms with Gasteiger partial charge in [0.25, 0.3) is 0 Å². The highest BCUT2D eigenvalue weighted by Gasteiger charge is 2.07. The van der Waals surface area contributed by atoms with Crippen molar-refractivity contribution in [2.75, 3.05) is 0 Å². The predicted octanol–water partition coefficient (Wildman–Crippen LogP) is 3.77. The SMILES string of the molecule is CC(C)c1cc(F)c(Br)s1. The second-order valence-electron chi connectivity index (χ2n) is 2.43. The van der Waals surface area contributed by atoms with Crippen LogP contribution in [0, 0.1) is 5.82 Å². The van der Waals surface area contributed by atoms with Gasteiger partial charge in [0.2, 0.25) is 0 Å². The van der Waals surface area contributed by atoms with Crippen LogP contribution in [0.3, 0.4) is 0 Å². The van der Waals surface area contributed by atoms with Crippen LogP contribution in [-0.4, -0.2) is 0 Å². The number of hydrogen-bond donors (Lipinski definition) is 0. The fourth-order valence-electron chi connectivity index (χ4n) is 0.648. The van der Waals surface area contributed by atoms with Crippen LogP contribution in [0.5, 0.6) is 0 Å². The smallest absolute Gasteiger partial charge is 0.148 e. The summed E-state index contributed by atoms with van der Waals surface area (Å²) in [6, 6.07) is 1.58. The highest BCUT2D eigenvalue weighted by Crippen LogP contribution is 2.30. The molecule has 0 atom stereocenters. The van der Waals surface area contributed by atoms with Crippen LogP contribution in [0.4, 0.5) is 4.39 Å². The molecule has 0 unspecified atom stereocenters. The summed E-state index contributed by atoms with van der Waals surface area (Å²) >= 11 is 4.59. The third-order valence-electron chi connectivity index (χ3n) is 1.23. The third-order valence-corrected chi connectivity index (χ3v) is 3.30. The van der Waals surface area contributed by atoms with Crippen molar-refractivity contribution in [3.63, 3.8) is 0 Å². The normalized spacial score (nSPS) is 10.9. The average Bonchev–Trinajstić information content (AvgIpc) is 2.13. The first-order chi connectivity index (χ1) is 4.61. The van der Waals surface area contributed by atoms with E-state index in [1.807, 2.05) is 0 Å². The largest absolute Gasteiger partial charge is 0.205 e. The van der Waals surface area contributed by atoms with Gasteiger partial charge in [0.15, 0.2) is 0 Å². The molecule has 0 aromatic carbocycles. The Bertz CT molecular complexity index is 210. The van der Waals surface area contributed by atoms with E-state index >= 15 is 0 Å². The Hall–Kier alpha value is 0.110. The summed E-state index contributed by atoms with van der Waals surface area (Å²) in [4.78, 5) is 1.09. The lowest BCUT2D eigenvalue weighted by molar-refractivity contribution is 0.625. The molecule has 0 nitrogen and oxygen atoms in total. The number of halogens is 2. The van der Waals surface area contributed by atoms with Crippen molar-refractivity contribution in [3.8, 4) is 0 Å². The summed E-state index contributed by atoms with van der Waals surface area (Å²) < 4.78 is 13.3. The molecule has 10 heavy (non-hydrogen) atoms. The van der Waals surface area contributed by atoms with Crippen LogP contribution < -0.4 is 0 Å². The van der Waals surface area contributed by atoms with Crippen LogP contribution in [0.25, 0.3) is 0 Å². The van der Waals surface area contributed by atoms with Gasteiger partial charge in [0.05, 0.1) is 0 Å². The Kier molecular flexibility index (Phi) is 2.47. The van der Waals surface area contributed by atoms with E-state index in [0.717, 1.165) is 4.88 Å². The summed E-state index contributed by atoms with van der Waals surface area (Å²) in [7, 11) is 0. The van der Waals surface area contributed by atoms with Gasteiger partial charge in [-0.05, 0) is 27.9 Å². The number of thiophene rings is 1. The Balaban J connectivity index is 2.98. The van der Waals surface area contributed by atoms with Gasteiger partial charge in [-0.15, -0.1) is 11.3 Å². The molecule has 3 heteroatoms. The molecule has 0 aliphatic heterocycles. The van der Waals surface area contributed by atoms with E-state index in [0.29, 0.717) is 9.70 Å². The van der Waals surface area contributed by atoms with E-state index in [4.69, 9.17) is 0 Å². The summed E-state index contributed by atoms with van der Waals surface area (Å²) in [5.41, 5.74) is 0. The summed E-state index contributed by atoms with van der Waals surface area (Å²) in [5.74, 6) is 0.277. The summed E-state index contributed by atoms with van der Waals surface area (Å²) in [5, 5.41) is 0. The topological polar surface area (TPSA) is 0 Å². The Labute approximate surface area is 72.2 Å². The van der Waals surface area contributed by atoms with Gasteiger partial charge < -0.3 is 0 Å². The van der Waals surface area contributed by atoms with Crippen molar-refractivity contribution >= 4 is 27.3 Å².